The molecule has 2 nitrogen and oxygen atoms in total. The fourth-order valence-corrected chi connectivity index (χ4v) is 3.51. The molecule has 0 aliphatic carbocycles. The number of ether oxygens (including phenoxy) is 2. The van der Waals surface area contributed by atoms with Crippen LogP contribution in [-0.4, -0.2) is 13.2 Å². The fourth-order valence-electron chi connectivity index (χ4n) is 2.16. The van der Waals surface area contributed by atoms with Crippen LogP contribution in [0, 0.1) is 0 Å². The number of benzene rings is 2. The second-order valence-electron chi connectivity index (χ2n) is 4.52. The lowest BCUT2D eigenvalue weighted by atomic mass is 10.0. The SMILES string of the molecule is Clc1cc2c(cc1C(Cl)c1cccc(Br)c1Cl)OCCO2. The van der Waals surface area contributed by atoms with Gasteiger partial charge in [-0.15, -0.1) is 11.6 Å². The minimum absolute atomic E-state index is 0.474. The molecule has 21 heavy (non-hydrogen) atoms. The molecule has 1 heterocycles. The van der Waals surface area contributed by atoms with Gasteiger partial charge in [-0.2, -0.15) is 0 Å². The van der Waals surface area contributed by atoms with E-state index in [9.17, 15) is 0 Å². The average molecular weight is 409 g/mol. The standard InChI is InChI=1S/C15H10BrCl3O2/c16-10-3-1-2-8(15(10)19)14(18)9-6-12-13(7-11(9)17)21-5-4-20-12/h1-3,6-7,14H,4-5H2. The van der Waals surface area contributed by atoms with Crippen LogP contribution in [0.15, 0.2) is 34.8 Å². The van der Waals surface area contributed by atoms with Crippen molar-refractivity contribution in [1.82, 2.24) is 0 Å². The topological polar surface area (TPSA) is 18.5 Å². The molecule has 0 saturated carbocycles. The predicted molar refractivity (Wildman–Crippen MR) is 89.3 cm³/mol. The summed E-state index contributed by atoms with van der Waals surface area (Å²) in [5, 5.41) is 0.622. The van der Waals surface area contributed by atoms with E-state index in [1.165, 1.54) is 0 Å². The molecule has 3 rings (SSSR count). The minimum atomic E-state index is -0.474. The van der Waals surface area contributed by atoms with Crippen LogP contribution < -0.4 is 9.47 Å². The summed E-state index contributed by atoms with van der Waals surface area (Å²) in [5.41, 5.74) is 1.52. The summed E-state index contributed by atoms with van der Waals surface area (Å²) in [6.07, 6.45) is 0. The number of rotatable bonds is 2. The number of hydrogen-bond acceptors (Lipinski definition) is 2. The van der Waals surface area contributed by atoms with Crippen molar-refractivity contribution in [2.75, 3.05) is 13.2 Å². The zero-order chi connectivity index (χ0) is 15.0. The highest BCUT2D eigenvalue weighted by atomic mass is 79.9. The van der Waals surface area contributed by atoms with Crippen LogP contribution in [0.1, 0.15) is 16.5 Å². The van der Waals surface area contributed by atoms with E-state index in [0.29, 0.717) is 34.8 Å². The molecule has 0 aromatic heterocycles. The molecular formula is C15H10BrCl3O2. The highest BCUT2D eigenvalue weighted by molar-refractivity contribution is 9.10. The Hall–Kier alpha value is -0.610. The van der Waals surface area contributed by atoms with Crippen molar-refractivity contribution in [2.45, 2.75) is 5.38 Å². The monoisotopic (exact) mass is 406 g/mol. The lowest BCUT2D eigenvalue weighted by Crippen LogP contribution is -2.15. The first kappa shape index (κ1) is 15.3. The predicted octanol–water partition coefficient (Wildman–Crippen LogP) is 5.86. The van der Waals surface area contributed by atoms with Crippen LogP contribution in [0.2, 0.25) is 10.0 Å². The van der Waals surface area contributed by atoms with Crippen molar-refractivity contribution in [3.63, 3.8) is 0 Å². The van der Waals surface area contributed by atoms with Crippen LogP contribution in [0.3, 0.4) is 0 Å². The highest BCUT2D eigenvalue weighted by Gasteiger charge is 2.22. The van der Waals surface area contributed by atoms with Crippen molar-refractivity contribution in [3.05, 3.63) is 56.0 Å². The van der Waals surface area contributed by atoms with Crippen LogP contribution >= 0.6 is 50.7 Å². The van der Waals surface area contributed by atoms with Gasteiger partial charge in [-0.3, -0.25) is 0 Å². The number of fused-ring (bicyclic) bond motifs is 1. The molecule has 0 bridgehead atoms. The van der Waals surface area contributed by atoms with Crippen molar-refractivity contribution in [2.24, 2.45) is 0 Å². The maximum Gasteiger partial charge on any atom is 0.162 e. The van der Waals surface area contributed by atoms with Gasteiger partial charge in [0.25, 0.3) is 0 Å². The molecule has 110 valence electrons. The molecule has 0 fully saturated rings. The lowest BCUT2D eigenvalue weighted by Gasteiger charge is -2.21. The summed E-state index contributed by atoms with van der Waals surface area (Å²) in [7, 11) is 0. The van der Waals surface area contributed by atoms with E-state index in [2.05, 4.69) is 15.9 Å². The van der Waals surface area contributed by atoms with E-state index in [1.807, 2.05) is 24.3 Å². The molecule has 0 radical (unpaired) electrons. The van der Waals surface area contributed by atoms with Crippen LogP contribution in [0.25, 0.3) is 0 Å². The van der Waals surface area contributed by atoms with Crippen molar-refractivity contribution < 1.29 is 9.47 Å². The smallest absolute Gasteiger partial charge is 0.162 e. The largest absolute Gasteiger partial charge is 0.486 e. The lowest BCUT2D eigenvalue weighted by molar-refractivity contribution is 0.171. The van der Waals surface area contributed by atoms with Gasteiger partial charge in [0.2, 0.25) is 0 Å². The molecule has 1 aliphatic rings. The molecule has 1 aliphatic heterocycles. The van der Waals surface area contributed by atoms with Gasteiger partial charge >= 0.3 is 0 Å². The van der Waals surface area contributed by atoms with Crippen LogP contribution in [0.4, 0.5) is 0 Å². The summed E-state index contributed by atoms with van der Waals surface area (Å²) < 4.78 is 11.9. The van der Waals surface area contributed by atoms with Crippen molar-refractivity contribution in [3.8, 4) is 11.5 Å². The normalized spacial score (nSPS) is 14.9. The molecule has 1 atom stereocenters. The first-order valence-electron chi connectivity index (χ1n) is 6.25. The molecule has 0 N–H and O–H groups in total. The molecule has 2 aromatic rings. The van der Waals surface area contributed by atoms with Gasteiger partial charge in [-0.05, 0) is 39.2 Å². The van der Waals surface area contributed by atoms with E-state index in [1.54, 1.807) is 6.07 Å². The van der Waals surface area contributed by atoms with Gasteiger partial charge < -0.3 is 9.47 Å². The van der Waals surface area contributed by atoms with E-state index in [4.69, 9.17) is 44.3 Å². The highest BCUT2D eigenvalue weighted by Crippen LogP contribution is 2.44. The first-order chi connectivity index (χ1) is 10.1. The third kappa shape index (κ3) is 2.98. The van der Waals surface area contributed by atoms with Crippen LogP contribution in [-0.2, 0) is 0 Å². The zero-order valence-electron chi connectivity index (χ0n) is 10.7. The Labute approximate surface area is 146 Å². The number of halogens is 4. The molecule has 2 aromatic carbocycles. The Morgan fingerprint density at radius 2 is 1.67 bits per heavy atom. The van der Waals surface area contributed by atoms with E-state index in [-0.39, 0.29) is 0 Å². The molecule has 0 amide bonds. The number of hydrogen-bond donors (Lipinski definition) is 0. The quantitative estimate of drug-likeness (QED) is 0.580. The summed E-state index contributed by atoms with van der Waals surface area (Å²) >= 11 is 22.6. The van der Waals surface area contributed by atoms with Gasteiger partial charge in [0.15, 0.2) is 11.5 Å². The van der Waals surface area contributed by atoms with Gasteiger partial charge in [-0.1, -0.05) is 35.3 Å². The summed E-state index contributed by atoms with van der Waals surface area (Å²) in [6.45, 7) is 1.03. The van der Waals surface area contributed by atoms with Gasteiger partial charge in [0.1, 0.15) is 13.2 Å². The summed E-state index contributed by atoms with van der Waals surface area (Å²) in [6, 6.07) is 9.16. The third-order valence-corrected chi connectivity index (χ3v) is 5.30. The molecule has 1 unspecified atom stereocenters. The Balaban J connectivity index is 2.05. The fraction of sp³-hybridized carbons (Fsp3) is 0.200. The molecule has 0 saturated heterocycles. The summed E-state index contributed by atoms with van der Waals surface area (Å²) in [4.78, 5) is 0. The maximum absolute atomic E-state index is 6.57. The Morgan fingerprint density at radius 3 is 2.38 bits per heavy atom. The third-order valence-electron chi connectivity index (χ3n) is 3.19. The Morgan fingerprint density at radius 1 is 1.00 bits per heavy atom. The number of alkyl halides is 1. The average Bonchev–Trinajstić information content (AvgIpc) is 2.48. The Bertz CT molecular complexity index is 691. The first-order valence-corrected chi connectivity index (χ1v) is 8.23. The summed E-state index contributed by atoms with van der Waals surface area (Å²) in [5.74, 6) is 1.29. The maximum atomic E-state index is 6.57. The second kappa shape index (κ2) is 6.25. The van der Waals surface area contributed by atoms with Gasteiger partial charge in [-0.25, -0.2) is 0 Å². The molecule has 0 spiro atoms. The van der Waals surface area contributed by atoms with Crippen LogP contribution in [0.5, 0.6) is 11.5 Å². The minimum Gasteiger partial charge on any atom is -0.486 e. The van der Waals surface area contributed by atoms with E-state index < -0.39 is 5.38 Å². The zero-order valence-corrected chi connectivity index (χ0v) is 14.6. The van der Waals surface area contributed by atoms with E-state index >= 15 is 0 Å². The second-order valence-corrected chi connectivity index (χ2v) is 6.60. The van der Waals surface area contributed by atoms with Gasteiger partial charge in [0, 0.05) is 15.6 Å². The Kier molecular flexibility index (Phi) is 4.55. The van der Waals surface area contributed by atoms with Gasteiger partial charge in [0.05, 0.1) is 10.4 Å². The van der Waals surface area contributed by atoms with E-state index in [0.717, 1.165) is 15.6 Å². The molecular weight excluding hydrogens is 398 g/mol. The van der Waals surface area contributed by atoms with Crippen molar-refractivity contribution in [1.29, 1.82) is 0 Å². The molecule has 6 heteroatoms. The van der Waals surface area contributed by atoms with Crippen molar-refractivity contribution >= 4 is 50.7 Å².